The molecule has 0 fully saturated rings. The Hall–Kier alpha value is -1.07. The highest BCUT2D eigenvalue weighted by atomic mass is 32.1. The number of anilines is 1. The Morgan fingerprint density at radius 1 is 1.40 bits per heavy atom. The number of carbonyl (C=O) groups excluding carboxylic acids is 1. The first-order valence-electron chi connectivity index (χ1n) is 7.06. The van der Waals surface area contributed by atoms with E-state index in [1.54, 1.807) is 0 Å². The molecule has 0 bridgehead atoms. The Bertz CT molecular complexity index is 515. The van der Waals surface area contributed by atoms with E-state index in [1.807, 2.05) is 20.8 Å². The van der Waals surface area contributed by atoms with Crippen molar-refractivity contribution in [1.82, 2.24) is 4.90 Å². The van der Waals surface area contributed by atoms with Gasteiger partial charge in [0.15, 0.2) is 0 Å². The molecule has 5 heteroatoms. The molecule has 112 valence electrons. The van der Waals surface area contributed by atoms with E-state index in [4.69, 9.17) is 10.5 Å². The zero-order valence-electron chi connectivity index (χ0n) is 12.9. The maximum atomic E-state index is 12.3. The van der Waals surface area contributed by atoms with Gasteiger partial charge in [-0.25, -0.2) is 4.79 Å². The summed E-state index contributed by atoms with van der Waals surface area (Å²) in [5, 5.41) is 0.592. The van der Waals surface area contributed by atoms with Gasteiger partial charge in [-0.1, -0.05) is 0 Å². The summed E-state index contributed by atoms with van der Waals surface area (Å²) in [6, 6.07) is 0.511. The zero-order chi connectivity index (χ0) is 15.1. The minimum absolute atomic E-state index is 0.287. The van der Waals surface area contributed by atoms with Gasteiger partial charge in [0.25, 0.3) is 0 Å². The molecule has 0 spiro atoms. The van der Waals surface area contributed by atoms with Crippen molar-refractivity contribution in [3.63, 3.8) is 0 Å². The Labute approximate surface area is 124 Å². The van der Waals surface area contributed by atoms with Gasteiger partial charge in [-0.05, 0) is 46.6 Å². The summed E-state index contributed by atoms with van der Waals surface area (Å²) in [4.78, 5) is 15.9. The van der Waals surface area contributed by atoms with Crippen molar-refractivity contribution < 1.29 is 9.53 Å². The monoisotopic (exact) mass is 296 g/mol. The standard InChI is InChI=1S/C15H24N2O2S/c1-9(2)17-7-6-10-11(8-17)20-13(16)12(10)14(18)19-15(3,4)5/h9H,6-8,16H2,1-5H3. The minimum atomic E-state index is -0.489. The number of thiophene rings is 1. The Kier molecular flexibility index (Phi) is 4.12. The van der Waals surface area contributed by atoms with Crippen molar-refractivity contribution in [3.05, 3.63) is 16.0 Å². The van der Waals surface area contributed by atoms with Crippen LogP contribution in [0.1, 0.15) is 55.4 Å². The van der Waals surface area contributed by atoms with E-state index in [1.165, 1.54) is 16.2 Å². The average Bonchev–Trinajstić information content (AvgIpc) is 2.61. The Balaban J connectivity index is 2.27. The fourth-order valence-corrected chi connectivity index (χ4v) is 3.57. The molecule has 0 amide bonds. The van der Waals surface area contributed by atoms with Gasteiger partial charge >= 0.3 is 5.97 Å². The SMILES string of the molecule is CC(C)N1CCc2c(sc(N)c2C(=O)OC(C)(C)C)C1. The van der Waals surface area contributed by atoms with E-state index in [-0.39, 0.29) is 5.97 Å². The lowest BCUT2D eigenvalue weighted by atomic mass is 10.0. The molecule has 0 unspecified atom stereocenters. The highest BCUT2D eigenvalue weighted by Crippen LogP contribution is 2.36. The number of nitrogens with two attached hydrogens (primary N) is 1. The van der Waals surface area contributed by atoms with Crippen LogP contribution in [-0.4, -0.2) is 29.1 Å². The number of nitrogen functional groups attached to an aromatic ring is 1. The lowest BCUT2D eigenvalue weighted by Crippen LogP contribution is -2.35. The van der Waals surface area contributed by atoms with Crippen LogP contribution in [0, 0.1) is 0 Å². The molecule has 20 heavy (non-hydrogen) atoms. The molecular formula is C15H24N2O2S. The average molecular weight is 296 g/mol. The fourth-order valence-electron chi connectivity index (χ4n) is 2.44. The van der Waals surface area contributed by atoms with E-state index in [9.17, 15) is 4.79 Å². The van der Waals surface area contributed by atoms with Crippen LogP contribution in [0.2, 0.25) is 0 Å². The normalized spacial score (nSPS) is 16.3. The third kappa shape index (κ3) is 3.15. The van der Waals surface area contributed by atoms with Crippen molar-refractivity contribution >= 4 is 22.3 Å². The molecule has 1 aromatic rings. The molecule has 4 nitrogen and oxygen atoms in total. The summed E-state index contributed by atoms with van der Waals surface area (Å²) in [5.74, 6) is -0.287. The second kappa shape index (κ2) is 5.37. The first kappa shape index (κ1) is 15.3. The van der Waals surface area contributed by atoms with Gasteiger partial charge in [-0.15, -0.1) is 11.3 Å². The van der Waals surface area contributed by atoms with E-state index in [0.717, 1.165) is 25.1 Å². The summed E-state index contributed by atoms with van der Waals surface area (Å²) in [6.45, 7) is 11.9. The molecule has 0 saturated heterocycles. The third-order valence-corrected chi connectivity index (χ3v) is 4.49. The van der Waals surface area contributed by atoms with Crippen molar-refractivity contribution in [1.29, 1.82) is 0 Å². The van der Waals surface area contributed by atoms with Gasteiger partial charge in [0, 0.05) is 24.0 Å². The van der Waals surface area contributed by atoms with Crippen LogP contribution in [0.25, 0.3) is 0 Å². The first-order chi connectivity index (χ1) is 9.19. The molecular weight excluding hydrogens is 272 g/mol. The molecule has 2 N–H and O–H groups in total. The molecule has 0 saturated carbocycles. The van der Waals surface area contributed by atoms with Gasteiger partial charge in [0.2, 0.25) is 0 Å². The number of rotatable bonds is 2. The molecule has 1 aliphatic heterocycles. The largest absolute Gasteiger partial charge is 0.456 e. The molecule has 2 heterocycles. The van der Waals surface area contributed by atoms with Crippen LogP contribution in [-0.2, 0) is 17.7 Å². The maximum absolute atomic E-state index is 12.3. The number of esters is 1. The summed E-state index contributed by atoms with van der Waals surface area (Å²) < 4.78 is 5.48. The topological polar surface area (TPSA) is 55.6 Å². The summed E-state index contributed by atoms with van der Waals surface area (Å²) in [6.07, 6.45) is 0.871. The van der Waals surface area contributed by atoms with E-state index in [2.05, 4.69) is 18.7 Å². The molecule has 1 aromatic heterocycles. The van der Waals surface area contributed by atoms with Crippen LogP contribution in [0.5, 0.6) is 0 Å². The fraction of sp³-hybridized carbons (Fsp3) is 0.667. The number of nitrogens with zero attached hydrogens (tertiary/aromatic N) is 1. The molecule has 0 atom stereocenters. The van der Waals surface area contributed by atoms with Gasteiger partial charge in [-0.2, -0.15) is 0 Å². The lowest BCUT2D eigenvalue weighted by Gasteiger charge is -2.30. The van der Waals surface area contributed by atoms with Gasteiger partial charge in [-0.3, -0.25) is 4.90 Å². The molecule has 0 radical (unpaired) electrons. The second-order valence-electron chi connectivity index (χ2n) is 6.56. The zero-order valence-corrected chi connectivity index (χ0v) is 13.8. The first-order valence-corrected chi connectivity index (χ1v) is 7.88. The Morgan fingerprint density at radius 2 is 2.05 bits per heavy atom. The van der Waals surface area contributed by atoms with Crippen molar-refractivity contribution in [2.45, 2.75) is 59.2 Å². The second-order valence-corrected chi connectivity index (χ2v) is 7.70. The smallest absolute Gasteiger partial charge is 0.341 e. The van der Waals surface area contributed by atoms with Crippen molar-refractivity contribution in [2.75, 3.05) is 12.3 Å². The van der Waals surface area contributed by atoms with Crippen LogP contribution in [0.15, 0.2) is 0 Å². The van der Waals surface area contributed by atoms with Crippen LogP contribution in [0.4, 0.5) is 5.00 Å². The van der Waals surface area contributed by atoms with Crippen molar-refractivity contribution in [3.8, 4) is 0 Å². The van der Waals surface area contributed by atoms with E-state index in [0.29, 0.717) is 16.6 Å². The van der Waals surface area contributed by atoms with Gasteiger partial charge in [0.05, 0.1) is 5.56 Å². The highest BCUT2D eigenvalue weighted by molar-refractivity contribution is 7.16. The number of fused-ring (bicyclic) bond motifs is 1. The van der Waals surface area contributed by atoms with Gasteiger partial charge in [0.1, 0.15) is 10.6 Å². The quantitative estimate of drug-likeness (QED) is 0.852. The number of ether oxygens (including phenoxy) is 1. The number of hydrogen-bond acceptors (Lipinski definition) is 5. The summed E-state index contributed by atoms with van der Waals surface area (Å²) >= 11 is 1.53. The lowest BCUT2D eigenvalue weighted by molar-refractivity contribution is 0.00695. The van der Waals surface area contributed by atoms with Crippen LogP contribution >= 0.6 is 11.3 Å². The summed E-state index contributed by atoms with van der Waals surface area (Å²) in [5.41, 5.74) is 7.27. The highest BCUT2D eigenvalue weighted by Gasteiger charge is 2.30. The summed E-state index contributed by atoms with van der Waals surface area (Å²) in [7, 11) is 0. The number of hydrogen-bond donors (Lipinski definition) is 1. The molecule has 0 aromatic carbocycles. The van der Waals surface area contributed by atoms with Gasteiger partial charge < -0.3 is 10.5 Å². The third-order valence-electron chi connectivity index (χ3n) is 3.45. The maximum Gasteiger partial charge on any atom is 0.341 e. The molecule has 2 rings (SSSR count). The molecule has 1 aliphatic rings. The predicted molar refractivity (Wildman–Crippen MR) is 83.1 cm³/mol. The minimum Gasteiger partial charge on any atom is -0.456 e. The Morgan fingerprint density at radius 3 is 2.60 bits per heavy atom. The van der Waals surface area contributed by atoms with E-state index < -0.39 is 5.60 Å². The van der Waals surface area contributed by atoms with Crippen LogP contribution < -0.4 is 5.73 Å². The van der Waals surface area contributed by atoms with E-state index >= 15 is 0 Å². The number of carbonyl (C=O) groups is 1. The predicted octanol–water partition coefficient (Wildman–Crippen LogP) is 3.05. The van der Waals surface area contributed by atoms with Crippen molar-refractivity contribution in [2.24, 2.45) is 0 Å². The molecule has 0 aliphatic carbocycles. The van der Waals surface area contributed by atoms with Crippen LogP contribution in [0.3, 0.4) is 0 Å².